The number of carbonyl (C=O) groups excluding carboxylic acids is 1. The summed E-state index contributed by atoms with van der Waals surface area (Å²) in [5.74, 6) is 1.90. The lowest BCUT2D eigenvalue weighted by molar-refractivity contribution is 0.0950. The molecule has 8 heteroatoms. The zero-order chi connectivity index (χ0) is 20.4. The fourth-order valence-corrected chi connectivity index (χ4v) is 3.17. The van der Waals surface area contributed by atoms with E-state index in [1.165, 1.54) is 14.2 Å². The van der Waals surface area contributed by atoms with Crippen LogP contribution in [0, 0.1) is 0 Å². The van der Waals surface area contributed by atoms with Crippen molar-refractivity contribution in [2.75, 3.05) is 27.4 Å². The van der Waals surface area contributed by atoms with Gasteiger partial charge in [-0.25, -0.2) is 0 Å². The molecule has 0 radical (unpaired) electrons. The third kappa shape index (κ3) is 3.69. The predicted octanol–water partition coefficient (Wildman–Crippen LogP) is 2.25. The van der Waals surface area contributed by atoms with Gasteiger partial charge < -0.3 is 29.2 Å². The highest BCUT2D eigenvalue weighted by molar-refractivity contribution is 5.95. The van der Waals surface area contributed by atoms with Crippen molar-refractivity contribution in [3.8, 4) is 23.0 Å². The SMILES string of the molecule is COc1ccc(C(=O)NCc2cc3cc4c(cc3[nH]c2=O)OCCO4)cc1OC. The molecule has 8 nitrogen and oxygen atoms in total. The summed E-state index contributed by atoms with van der Waals surface area (Å²) in [4.78, 5) is 27.7. The van der Waals surface area contributed by atoms with Crippen LogP contribution < -0.4 is 29.8 Å². The number of hydrogen-bond donors (Lipinski definition) is 2. The van der Waals surface area contributed by atoms with Crippen LogP contribution in [0.25, 0.3) is 10.9 Å². The standard InChI is InChI=1S/C21H20N2O6/c1-26-16-4-3-12(8-17(16)27-2)20(24)22-11-14-7-13-9-18-19(29-6-5-28-18)10-15(13)23-21(14)25/h3-4,7-10H,5-6,11H2,1-2H3,(H,22,24)(H,23,25). The Hall–Kier alpha value is -3.68. The van der Waals surface area contributed by atoms with Crippen molar-refractivity contribution >= 4 is 16.8 Å². The second-order valence-electron chi connectivity index (χ2n) is 6.46. The molecule has 0 aliphatic carbocycles. The number of carbonyl (C=O) groups is 1. The minimum atomic E-state index is -0.326. The Bertz CT molecular complexity index is 1140. The van der Waals surface area contributed by atoms with Gasteiger partial charge in [0.1, 0.15) is 13.2 Å². The Morgan fingerprint density at radius 3 is 2.48 bits per heavy atom. The minimum Gasteiger partial charge on any atom is -0.493 e. The molecule has 0 fully saturated rings. The molecule has 1 aromatic heterocycles. The first-order valence-electron chi connectivity index (χ1n) is 9.05. The number of rotatable bonds is 5. The number of aromatic amines is 1. The van der Waals surface area contributed by atoms with Gasteiger partial charge in [0.25, 0.3) is 11.5 Å². The van der Waals surface area contributed by atoms with E-state index in [-0.39, 0.29) is 18.0 Å². The van der Waals surface area contributed by atoms with E-state index in [1.807, 2.05) is 6.07 Å². The lowest BCUT2D eigenvalue weighted by Crippen LogP contribution is -2.26. The van der Waals surface area contributed by atoms with Gasteiger partial charge in [0.15, 0.2) is 23.0 Å². The molecule has 1 aliphatic heterocycles. The van der Waals surface area contributed by atoms with Gasteiger partial charge in [-0.3, -0.25) is 9.59 Å². The van der Waals surface area contributed by atoms with Gasteiger partial charge in [0.05, 0.1) is 19.7 Å². The van der Waals surface area contributed by atoms with Crippen LogP contribution in [0.15, 0.2) is 41.2 Å². The summed E-state index contributed by atoms with van der Waals surface area (Å²) < 4.78 is 21.5. The maximum absolute atomic E-state index is 12.5. The van der Waals surface area contributed by atoms with Gasteiger partial charge >= 0.3 is 0 Å². The number of fused-ring (bicyclic) bond motifs is 2. The summed E-state index contributed by atoms with van der Waals surface area (Å²) in [7, 11) is 3.03. The number of nitrogens with one attached hydrogen (secondary N) is 2. The Kier molecular flexibility index (Phi) is 4.99. The molecule has 2 heterocycles. The molecule has 0 saturated heterocycles. The summed E-state index contributed by atoms with van der Waals surface area (Å²) >= 11 is 0. The largest absolute Gasteiger partial charge is 0.493 e. The van der Waals surface area contributed by atoms with Crippen molar-refractivity contribution in [1.82, 2.24) is 10.3 Å². The van der Waals surface area contributed by atoms with Crippen molar-refractivity contribution in [1.29, 1.82) is 0 Å². The van der Waals surface area contributed by atoms with E-state index in [4.69, 9.17) is 18.9 Å². The molecule has 0 atom stereocenters. The maximum Gasteiger partial charge on any atom is 0.253 e. The number of methoxy groups -OCH3 is 2. The number of benzene rings is 2. The summed E-state index contributed by atoms with van der Waals surface area (Å²) in [6, 6.07) is 10.2. The molecule has 0 unspecified atom stereocenters. The van der Waals surface area contributed by atoms with Crippen LogP contribution in [-0.2, 0) is 6.54 Å². The number of ether oxygens (including phenoxy) is 4. The maximum atomic E-state index is 12.5. The Morgan fingerprint density at radius 2 is 1.76 bits per heavy atom. The van der Waals surface area contributed by atoms with Gasteiger partial charge in [-0.05, 0) is 30.3 Å². The van der Waals surface area contributed by atoms with Crippen molar-refractivity contribution in [3.63, 3.8) is 0 Å². The second-order valence-corrected chi connectivity index (χ2v) is 6.46. The van der Waals surface area contributed by atoms with Crippen LogP contribution in [0.5, 0.6) is 23.0 Å². The van der Waals surface area contributed by atoms with Crippen molar-refractivity contribution < 1.29 is 23.7 Å². The van der Waals surface area contributed by atoms with E-state index >= 15 is 0 Å². The van der Waals surface area contributed by atoms with Crippen LogP contribution in [0.3, 0.4) is 0 Å². The lowest BCUT2D eigenvalue weighted by Gasteiger charge is -2.18. The fourth-order valence-electron chi connectivity index (χ4n) is 3.17. The van der Waals surface area contributed by atoms with Crippen LogP contribution in [-0.4, -0.2) is 38.3 Å². The van der Waals surface area contributed by atoms with Crippen LogP contribution in [0.1, 0.15) is 15.9 Å². The lowest BCUT2D eigenvalue weighted by atomic mass is 10.1. The molecular formula is C21H20N2O6. The summed E-state index contributed by atoms with van der Waals surface area (Å²) in [5, 5.41) is 3.56. The molecule has 4 rings (SSSR count). The molecule has 29 heavy (non-hydrogen) atoms. The zero-order valence-electron chi connectivity index (χ0n) is 16.0. The molecule has 0 bridgehead atoms. The number of hydrogen-bond acceptors (Lipinski definition) is 6. The number of H-pyrrole nitrogens is 1. The molecular weight excluding hydrogens is 376 g/mol. The highest BCUT2D eigenvalue weighted by Gasteiger charge is 2.15. The first-order chi connectivity index (χ1) is 14.1. The molecule has 1 amide bonds. The van der Waals surface area contributed by atoms with Gasteiger partial charge in [-0.2, -0.15) is 0 Å². The second kappa shape index (κ2) is 7.75. The van der Waals surface area contributed by atoms with Crippen LogP contribution >= 0.6 is 0 Å². The smallest absolute Gasteiger partial charge is 0.253 e. The third-order valence-electron chi connectivity index (χ3n) is 4.67. The van der Waals surface area contributed by atoms with E-state index in [9.17, 15) is 9.59 Å². The van der Waals surface area contributed by atoms with E-state index in [1.54, 1.807) is 30.3 Å². The van der Waals surface area contributed by atoms with Gasteiger partial charge in [0.2, 0.25) is 0 Å². The molecule has 0 saturated carbocycles. The van der Waals surface area contributed by atoms with Crippen LogP contribution in [0.2, 0.25) is 0 Å². The number of aromatic nitrogens is 1. The highest BCUT2D eigenvalue weighted by atomic mass is 16.6. The van der Waals surface area contributed by atoms with Gasteiger partial charge in [0, 0.05) is 29.1 Å². The highest BCUT2D eigenvalue weighted by Crippen LogP contribution is 2.33. The first kappa shape index (κ1) is 18.7. The topological polar surface area (TPSA) is 98.9 Å². The molecule has 150 valence electrons. The summed E-state index contributed by atoms with van der Waals surface area (Å²) in [6.07, 6.45) is 0. The van der Waals surface area contributed by atoms with Crippen LogP contribution in [0.4, 0.5) is 0 Å². The first-order valence-corrected chi connectivity index (χ1v) is 9.05. The average molecular weight is 396 g/mol. The van der Waals surface area contributed by atoms with Crippen molar-refractivity contribution in [2.24, 2.45) is 0 Å². The van der Waals surface area contributed by atoms with Gasteiger partial charge in [-0.1, -0.05) is 0 Å². The molecule has 1 aliphatic rings. The molecule has 0 spiro atoms. The van der Waals surface area contributed by atoms with E-state index in [0.717, 1.165) is 5.39 Å². The zero-order valence-corrected chi connectivity index (χ0v) is 16.0. The normalized spacial score (nSPS) is 12.5. The minimum absolute atomic E-state index is 0.0763. The van der Waals surface area contributed by atoms with E-state index < -0.39 is 0 Å². The monoisotopic (exact) mass is 396 g/mol. The molecule has 3 aromatic rings. The number of pyridine rings is 1. The quantitative estimate of drug-likeness (QED) is 0.686. The fraction of sp³-hybridized carbons (Fsp3) is 0.238. The van der Waals surface area contributed by atoms with Gasteiger partial charge in [-0.15, -0.1) is 0 Å². The Morgan fingerprint density at radius 1 is 1.03 bits per heavy atom. The number of amides is 1. The Balaban J connectivity index is 1.55. The molecule has 2 N–H and O–H groups in total. The molecule has 2 aromatic carbocycles. The summed E-state index contributed by atoms with van der Waals surface area (Å²) in [6.45, 7) is 1.03. The third-order valence-corrected chi connectivity index (χ3v) is 4.67. The summed E-state index contributed by atoms with van der Waals surface area (Å²) in [5.41, 5.74) is 1.21. The van der Waals surface area contributed by atoms with E-state index in [2.05, 4.69) is 10.3 Å². The van der Waals surface area contributed by atoms with E-state index in [0.29, 0.717) is 52.9 Å². The predicted molar refractivity (Wildman–Crippen MR) is 106 cm³/mol. The average Bonchev–Trinajstić information content (AvgIpc) is 2.75. The van der Waals surface area contributed by atoms with Crippen molar-refractivity contribution in [2.45, 2.75) is 6.54 Å². The van der Waals surface area contributed by atoms with Crippen molar-refractivity contribution in [3.05, 3.63) is 57.9 Å². The Labute approximate surface area is 166 Å².